The van der Waals surface area contributed by atoms with Crippen LogP contribution in [-0.2, 0) is 10.2 Å². The average molecular weight is 540 g/mol. The Labute approximate surface area is 195 Å². The van der Waals surface area contributed by atoms with E-state index in [1.165, 1.54) is 11.8 Å². The number of hydrogen-bond acceptors (Lipinski definition) is 2. The molecule has 1 atom stereocenters. The lowest BCUT2D eigenvalue weighted by Crippen LogP contribution is -2.53. The number of benzene rings is 2. The minimum absolute atomic E-state index is 0.0477. The van der Waals surface area contributed by atoms with Crippen LogP contribution in [0.2, 0.25) is 0 Å². The molecule has 1 heterocycles. The molecule has 7 heteroatoms. The third-order valence-electron chi connectivity index (χ3n) is 5.59. The monoisotopic (exact) mass is 540 g/mol. The van der Waals surface area contributed by atoms with E-state index in [4.69, 9.17) is 0 Å². The van der Waals surface area contributed by atoms with Crippen molar-refractivity contribution in [3.63, 3.8) is 0 Å². The normalized spacial score (nSPS) is 19.3. The van der Waals surface area contributed by atoms with Crippen LogP contribution in [0.5, 0.6) is 0 Å². The largest absolute Gasteiger partial charge is 0.337 e. The van der Waals surface area contributed by atoms with Crippen molar-refractivity contribution in [1.82, 2.24) is 4.90 Å². The predicted molar refractivity (Wildman–Crippen MR) is 127 cm³/mol. The summed E-state index contributed by atoms with van der Waals surface area (Å²) in [6.07, 6.45) is 1.22. The van der Waals surface area contributed by atoms with Gasteiger partial charge in [0.2, 0.25) is 5.91 Å². The molecule has 0 aliphatic carbocycles. The zero-order chi connectivity index (χ0) is 23.0. The summed E-state index contributed by atoms with van der Waals surface area (Å²) in [7, 11) is 0. The topological polar surface area (TPSA) is 49.4 Å². The standard InChI is InChI=1S/C24H27F2IN2O2/c1-15-11-17(25)13-19(26)20(15)21(30)29-10-6-9-24(27,14-29)22(31)28-18-8-5-7-16(12-18)23(2,3)4/h5,7-8,11-13H,6,9-10,14H2,1-4H3,(H,28,31)/t24-/m1/s1. The van der Waals surface area contributed by atoms with E-state index in [0.717, 1.165) is 17.7 Å². The number of carbonyl (C=O) groups excluding carboxylic acids is 2. The van der Waals surface area contributed by atoms with Crippen molar-refractivity contribution in [2.24, 2.45) is 0 Å². The molecule has 4 nitrogen and oxygen atoms in total. The van der Waals surface area contributed by atoms with Gasteiger partial charge in [0.1, 0.15) is 15.1 Å². The minimum Gasteiger partial charge on any atom is -0.337 e. The van der Waals surface area contributed by atoms with Gasteiger partial charge in [-0.3, -0.25) is 9.59 Å². The zero-order valence-corrected chi connectivity index (χ0v) is 20.3. The molecule has 1 fully saturated rings. The van der Waals surface area contributed by atoms with E-state index >= 15 is 0 Å². The molecule has 0 aromatic heterocycles. The summed E-state index contributed by atoms with van der Waals surface area (Å²) in [5.41, 5.74) is 1.87. The van der Waals surface area contributed by atoms with Gasteiger partial charge in [-0.2, -0.15) is 0 Å². The molecule has 0 unspecified atom stereocenters. The number of rotatable bonds is 3. The first-order valence-corrected chi connectivity index (χ1v) is 11.3. The second-order valence-corrected chi connectivity index (χ2v) is 11.2. The van der Waals surface area contributed by atoms with Crippen LogP contribution >= 0.6 is 22.6 Å². The SMILES string of the molecule is Cc1cc(F)cc(F)c1C(=O)N1CCC[C@](I)(C(=O)Nc2cccc(C(C)(C)C)c2)C1. The van der Waals surface area contributed by atoms with Crippen LogP contribution in [0, 0.1) is 18.6 Å². The average Bonchev–Trinajstić information content (AvgIpc) is 2.66. The van der Waals surface area contributed by atoms with Gasteiger partial charge < -0.3 is 10.2 Å². The highest BCUT2D eigenvalue weighted by Crippen LogP contribution is 2.34. The number of carbonyl (C=O) groups is 2. The Morgan fingerprint density at radius 3 is 2.52 bits per heavy atom. The number of nitrogens with one attached hydrogen (secondary N) is 1. The summed E-state index contributed by atoms with van der Waals surface area (Å²) in [5.74, 6) is -2.30. The smallest absolute Gasteiger partial charge is 0.257 e. The number of aryl methyl sites for hydroxylation is 1. The van der Waals surface area contributed by atoms with E-state index in [2.05, 4.69) is 48.7 Å². The first-order valence-electron chi connectivity index (χ1n) is 10.3. The molecule has 2 amide bonds. The molecule has 3 rings (SSSR count). The van der Waals surface area contributed by atoms with Gasteiger partial charge in [-0.1, -0.05) is 55.5 Å². The predicted octanol–water partition coefficient (Wildman–Crippen LogP) is 5.62. The van der Waals surface area contributed by atoms with E-state index in [9.17, 15) is 18.4 Å². The van der Waals surface area contributed by atoms with Gasteiger partial charge in [0.15, 0.2) is 0 Å². The van der Waals surface area contributed by atoms with Crippen molar-refractivity contribution < 1.29 is 18.4 Å². The highest BCUT2D eigenvalue weighted by atomic mass is 127. The number of amides is 2. The Kier molecular flexibility index (Phi) is 6.74. The highest BCUT2D eigenvalue weighted by Gasteiger charge is 2.42. The Balaban J connectivity index is 1.79. The molecular formula is C24H27F2IN2O2. The van der Waals surface area contributed by atoms with E-state index in [1.807, 2.05) is 24.3 Å². The van der Waals surface area contributed by atoms with Crippen molar-refractivity contribution in [1.29, 1.82) is 0 Å². The van der Waals surface area contributed by atoms with Gasteiger partial charge in [-0.15, -0.1) is 0 Å². The van der Waals surface area contributed by atoms with Gasteiger partial charge in [0.05, 0.1) is 5.56 Å². The minimum atomic E-state index is -0.879. The first kappa shape index (κ1) is 23.6. The fourth-order valence-electron chi connectivity index (χ4n) is 3.81. The van der Waals surface area contributed by atoms with Crippen LogP contribution in [0.1, 0.15) is 55.1 Å². The summed E-state index contributed by atoms with van der Waals surface area (Å²) >= 11 is 2.10. The number of alkyl halides is 1. The Morgan fingerprint density at radius 2 is 1.87 bits per heavy atom. The van der Waals surface area contributed by atoms with Crippen LogP contribution in [-0.4, -0.2) is 33.2 Å². The van der Waals surface area contributed by atoms with Crippen LogP contribution < -0.4 is 5.32 Å². The molecule has 0 spiro atoms. The summed E-state index contributed by atoms with van der Waals surface area (Å²) in [5, 5.41) is 2.99. The van der Waals surface area contributed by atoms with Crippen molar-refractivity contribution in [3.8, 4) is 0 Å². The van der Waals surface area contributed by atoms with Crippen LogP contribution in [0.3, 0.4) is 0 Å². The van der Waals surface area contributed by atoms with Gasteiger partial charge in [-0.25, -0.2) is 8.78 Å². The number of piperidine rings is 1. The van der Waals surface area contributed by atoms with E-state index in [1.54, 1.807) is 0 Å². The third kappa shape index (κ3) is 5.25. The maximum atomic E-state index is 14.3. The van der Waals surface area contributed by atoms with Crippen LogP contribution in [0.15, 0.2) is 36.4 Å². The molecule has 1 saturated heterocycles. The Bertz CT molecular complexity index is 996. The van der Waals surface area contributed by atoms with Crippen molar-refractivity contribution in [2.45, 2.75) is 49.4 Å². The molecule has 0 radical (unpaired) electrons. The molecule has 31 heavy (non-hydrogen) atoms. The summed E-state index contributed by atoms with van der Waals surface area (Å²) in [6, 6.07) is 9.60. The summed E-state index contributed by atoms with van der Waals surface area (Å²) in [4.78, 5) is 27.6. The molecular weight excluding hydrogens is 513 g/mol. The first-order chi connectivity index (χ1) is 14.4. The molecule has 0 saturated carbocycles. The van der Waals surface area contributed by atoms with Crippen molar-refractivity contribution >= 4 is 40.1 Å². The molecule has 166 valence electrons. The zero-order valence-electron chi connectivity index (χ0n) is 18.2. The maximum absolute atomic E-state index is 14.3. The lowest BCUT2D eigenvalue weighted by molar-refractivity contribution is -0.118. The van der Waals surface area contributed by atoms with E-state index < -0.39 is 21.0 Å². The Hall–Kier alpha value is -2.03. The van der Waals surface area contributed by atoms with E-state index in [-0.39, 0.29) is 29.0 Å². The maximum Gasteiger partial charge on any atom is 0.257 e. The number of likely N-dealkylation sites (tertiary alicyclic amines) is 1. The molecule has 1 N–H and O–H groups in total. The summed E-state index contributed by atoms with van der Waals surface area (Å²) < 4.78 is 26.9. The quantitative estimate of drug-likeness (QED) is 0.406. The fraction of sp³-hybridized carbons (Fsp3) is 0.417. The van der Waals surface area contributed by atoms with Gasteiger partial charge >= 0.3 is 0 Å². The van der Waals surface area contributed by atoms with Crippen LogP contribution in [0.25, 0.3) is 0 Å². The Morgan fingerprint density at radius 1 is 1.16 bits per heavy atom. The molecule has 2 aromatic carbocycles. The number of halogens is 3. The molecule has 1 aliphatic heterocycles. The van der Waals surface area contributed by atoms with Gasteiger partial charge in [0.25, 0.3) is 5.91 Å². The van der Waals surface area contributed by atoms with Crippen LogP contribution in [0.4, 0.5) is 14.5 Å². The lowest BCUT2D eigenvalue weighted by Gasteiger charge is -2.38. The van der Waals surface area contributed by atoms with Crippen molar-refractivity contribution in [3.05, 3.63) is 64.7 Å². The second kappa shape index (κ2) is 8.84. The molecule has 0 bridgehead atoms. The van der Waals surface area contributed by atoms with Crippen molar-refractivity contribution in [2.75, 3.05) is 18.4 Å². The number of anilines is 1. The fourth-order valence-corrected chi connectivity index (χ4v) is 4.74. The van der Waals surface area contributed by atoms with E-state index in [0.29, 0.717) is 25.1 Å². The van der Waals surface area contributed by atoms with Gasteiger partial charge in [0, 0.05) is 24.8 Å². The second-order valence-electron chi connectivity index (χ2n) is 9.16. The third-order valence-corrected chi connectivity index (χ3v) is 6.96. The van der Waals surface area contributed by atoms with Gasteiger partial charge in [-0.05, 0) is 54.5 Å². The highest BCUT2D eigenvalue weighted by molar-refractivity contribution is 14.1. The number of nitrogens with zero attached hydrogens (tertiary/aromatic N) is 1. The summed E-state index contributed by atoms with van der Waals surface area (Å²) in [6.45, 7) is 8.41. The lowest BCUT2D eigenvalue weighted by atomic mass is 9.87. The molecule has 2 aromatic rings. The molecule has 1 aliphatic rings. The number of hydrogen-bond donors (Lipinski definition) is 1.